The van der Waals surface area contributed by atoms with Crippen LogP contribution in [0.25, 0.3) is 11.5 Å². The van der Waals surface area contributed by atoms with E-state index in [2.05, 4.69) is 35.6 Å². The lowest BCUT2D eigenvalue weighted by Crippen LogP contribution is -2.52. The van der Waals surface area contributed by atoms with Gasteiger partial charge in [0.1, 0.15) is 6.26 Å². The maximum atomic E-state index is 13.3. The molecule has 1 aromatic heterocycles. The second-order valence-electron chi connectivity index (χ2n) is 9.64. The lowest BCUT2D eigenvalue weighted by molar-refractivity contribution is -0.147. The van der Waals surface area contributed by atoms with Gasteiger partial charge < -0.3 is 9.32 Å². The van der Waals surface area contributed by atoms with Crippen molar-refractivity contribution in [3.05, 3.63) is 42.3 Å². The minimum absolute atomic E-state index is 0.140. The van der Waals surface area contributed by atoms with Gasteiger partial charge in [-0.1, -0.05) is 39.0 Å². The number of hydrogen-bond acceptors (Lipinski definition) is 4. The van der Waals surface area contributed by atoms with Crippen molar-refractivity contribution in [1.29, 1.82) is 0 Å². The molecule has 1 spiro atoms. The second kappa shape index (κ2) is 7.36. The smallest absolute Gasteiger partial charge is 0.230 e. The van der Waals surface area contributed by atoms with Gasteiger partial charge in [-0.2, -0.15) is 0 Å². The van der Waals surface area contributed by atoms with Crippen LogP contribution in [0.15, 0.2) is 41.0 Å². The molecular weight excluding hydrogens is 350 g/mol. The van der Waals surface area contributed by atoms with Crippen molar-refractivity contribution >= 4 is 5.91 Å². The van der Waals surface area contributed by atoms with Crippen LogP contribution in [0.2, 0.25) is 0 Å². The summed E-state index contributed by atoms with van der Waals surface area (Å²) in [4.78, 5) is 22.4. The zero-order valence-electron chi connectivity index (χ0n) is 17.3. The first-order valence-electron chi connectivity index (χ1n) is 10.4. The van der Waals surface area contributed by atoms with Gasteiger partial charge in [-0.25, -0.2) is 4.98 Å². The largest absolute Gasteiger partial charge is 0.444 e. The van der Waals surface area contributed by atoms with E-state index in [0.717, 1.165) is 63.2 Å². The van der Waals surface area contributed by atoms with Crippen LogP contribution in [-0.4, -0.2) is 46.9 Å². The van der Waals surface area contributed by atoms with Gasteiger partial charge in [0, 0.05) is 31.7 Å². The van der Waals surface area contributed by atoms with Gasteiger partial charge in [-0.15, -0.1) is 0 Å². The number of aromatic nitrogens is 1. The minimum Gasteiger partial charge on any atom is -0.444 e. The predicted octanol–water partition coefficient (Wildman–Crippen LogP) is 4.20. The maximum Gasteiger partial charge on any atom is 0.230 e. The Bertz CT molecular complexity index is 824. The van der Waals surface area contributed by atoms with E-state index < -0.39 is 0 Å². The van der Waals surface area contributed by atoms with E-state index >= 15 is 0 Å². The van der Waals surface area contributed by atoms with Gasteiger partial charge in [-0.05, 0) is 43.4 Å². The molecule has 1 atom stereocenters. The van der Waals surface area contributed by atoms with E-state index in [0.29, 0.717) is 11.8 Å². The molecule has 0 radical (unpaired) electrons. The van der Waals surface area contributed by atoms with Crippen LogP contribution >= 0.6 is 0 Å². The maximum absolute atomic E-state index is 13.3. The van der Waals surface area contributed by atoms with Gasteiger partial charge in [-0.3, -0.25) is 9.69 Å². The number of piperidine rings is 1. The lowest BCUT2D eigenvalue weighted by atomic mass is 9.77. The zero-order chi connectivity index (χ0) is 19.8. The molecule has 0 saturated carbocycles. The van der Waals surface area contributed by atoms with Crippen molar-refractivity contribution in [3.8, 4) is 11.5 Å². The molecule has 1 amide bonds. The summed E-state index contributed by atoms with van der Waals surface area (Å²) < 4.78 is 5.68. The molecule has 1 aromatic carbocycles. The Kier molecular flexibility index (Phi) is 5.04. The molecule has 0 N–H and O–H groups in total. The topological polar surface area (TPSA) is 49.6 Å². The first-order chi connectivity index (χ1) is 13.3. The van der Waals surface area contributed by atoms with Gasteiger partial charge >= 0.3 is 0 Å². The molecule has 4 rings (SSSR count). The Balaban J connectivity index is 1.41. The number of benzene rings is 1. The third-order valence-corrected chi connectivity index (χ3v) is 5.88. The molecule has 5 nitrogen and oxygen atoms in total. The molecule has 0 aliphatic carbocycles. The molecule has 3 heterocycles. The number of amides is 1. The van der Waals surface area contributed by atoms with Gasteiger partial charge in [0.25, 0.3) is 0 Å². The first kappa shape index (κ1) is 19.2. The summed E-state index contributed by atoms with van der Waals surface area (Å²) in [7, 11) is 0. The highest BCUT2D eigenvalue weighted by Crippen LogP contribution is 2.41. The molecule has 2 saturated heterocycles. The molecule has 2 aliphatic heterocycles. The highest BCUT2D eigenvalue weighted by Gasteiger charge is 2.48. The van der Waals surface area contributed by atoms with Crippen LogP contribution in [-0.2, 0) is 11.3 Å². The highest BCUT2D eigenvalue weighted by atomic mass is 16.3. The van der Waals surface area contributed by atoms with Crippen molar-refractivity contribution in [2.75, 3.05) is 26.2 Å². The molecule has 0 bridgehead atoms. The average molecular weight is 382 g/mol. The van der Waals surface area contributed by atoms with Crippen molar-refractivity contribution in [2.24, 2.45) is 10.8 Å². The van der Waals surface area contributed by atoms with Crippen molar-refractivity contribution in [1.82, 2.24) is 14.8 Å². The number of likely N-dealkylation sites (tertiary alicyclic amines) is 2. The molecular formula is C23H31N3O2. The number of hydrogen-bond donors (Lipinski definition) is 0. The number of rotatable bonds is 4. The Morgan fingerprint density at radius 2 is 1.93 bits per heavy atom. The van der Waals surface area contributed by atoms with E-state index in [-0.39, 0.29) is 10.8 Å². The molecule has 150 valence electrons. The van der Waals surface area contributed by atoms with Crippen LogP contribution in [0.5, 0.6) is 0 Å². The van der Waals surface area contributed by atoms with Crippen LogP contribution < -0.4 is 0 Å². The summed E-state index contributed by atoms with van der Waals surface area (Å²) in [5.41, 5.74) is 1.87. The van der Waals surface area contributed by atoms with Crippen LogP contribution in [0.1, 0.15) is 45.7 Å². The minimum atomic E-state index is -0.199. The summed E-state index contributed by atoms with van der Waals surface area (Å²) in [6.45, 7) is 10.9. The van der Waals surface area contributed by atoms with Gasteiger partial charge in [0.15, 0.2) is 0 Å². The van der Waals surface area contributed by atoms with Crippen molar-refractivity contribution in [3.63, 3.8) is 0 Å². The zero-order valence-corrected chi connectivity index (χ0v) is 17.3. The molecule has 5 heteroatoms. The summed E-state index contributed by atoms with van der Waals surface area (Å²) in [6, 6.07) is 9.97. The van der Waals surface area contributed by atoms with E-state index in [4.69, 9.17) is 4.42 Å². The van der Waals surface area contributed by atoms with Crippen molar-refractivity contribution < 1.29 is 9.21 Å². The lowest BCUT2D eigenvalue weighted by Gasteiger charge is -2.42. The third-order valence-electron chi connectivity index (χ3n) is 5.88. The standard InChI is InChI=1S/C23H31N3O2/c1-22(2,3)16-26-12-7-10-23(21(26)27)11-13-25(17-23)14-19-15-28-20(24-19)18-8-5-4-6-9-18/h4-6,8-9,15H,7,10-14,16-17H2,1-3H3/t23-/m1/s1. The monoisotopic (exact) mass is 381 g/mol. The SMILES string of the molecule is CC(C)(C)CN1CCC[C@]2(CCN(Cc3coc(-c4ccccc4)n3)C2)C1=O. The fourth-order valence-corrected chi connectivity index (χ4v) is 4.67. The Labute approximate surface area is 167 Å². The summed E-state index contributed by atoms with van der Waals surface area (Å²) >= 11 is 0. The fraction of sp³-hybridized carbons (Fsp3) is 0.565. The summed E-state index contributed by atoms with van der Waals surface area (Å²) in [5, 5.41) is 0. The van der Waals surface area contributed by atoms with E-state index in [1.165, 1.54) is 0 Å². The number of oxazole rings is 1. The molecule has 28 heavy (non-hydrogen) atoms. The second-order valence-corrected chi connectivity index (χ2v) is 9.64. The highest BCUT2D eigenvalue weighted by molar-refractivity contribution is 5.84. The third kappa shape index (κ3) is 4.00. The normalized spacial score (nSPS) is 23.7. The van der Waals surface area contributed by atoms with Gasteiger partial charge in [0.05, 0.1) is 11.1 Å². The van der Waals surface area contributed by atoms with E-state index in [9.17, 15) is 4.79 Å². The Morgan fingerprint density at radius 3 is 2.68 bits per heavy atom. The molecule has 2 aliphatic rings. The van der Waals surface area contributed by atoms with Crippen molar-refractivity contribution in [2.45, 2.75) is 46.6 Å². The summed E-state index contributed by atoms with van der Waals surface area (Å²) in [5.74, 6) is 1.02. The number of carbonyl (C=O) groups is 1. The molecule has 2 aromatic rings. The summed E-state index contributed by atoms with van der Waals surface area (Å²) in [6.07, 6.45) is 4.83. The van der Waals surface area contributed by atoms with Gasteiger partial charge in [0.2, 0.25) is 11.8 Å². The van der Waals surface area contributed by atoms with Crippen LogP contribution in [0.4, 0.5) is 0 Å². The Morgan fingerprint density at radius 1 is 1.14 bits per heavy atom. The van der Waals surface area contributed by atoms with Crippen LogP contribution in [0, 0.1) is 10.8 Å². The molecule has 2 fully saturated rings. The van der Waals surface area contributed by atoms with E-state index in [1.54, 1.807) is 6.26 Å². The number of carbonyl (C=O) groups excluding carboxylic acids is 1. The fourth-order valence-electron chi connectivity index (χ4n) is 4.67. The average Bonchev–Trinajstić information content (AvgIpc) is 3.27. The first-order valence-corrected chi connectivity index (χ1v) is 10.4. The van der Waals surface area contributed by atoms with E-state index in [1.807, 2.05) is 30.3 Å². The molecule has 0 unspecified atom stereocenters. The quantitative estimate of drug-likeness (QED) is 0.796. The Hall–Kier alpha value is -2.14. The number of nitrogens with zero attached hydrogens (tertiary/aromatic N) is 3. The predicted molar refractivity (Wildman–Crippen MR) is 110 cm³/mol. The van der Waals surface area contributed by atoms with Crippen LogP contribution in [0.3, 0.4) is 0 Å².